The molecule has 5 heteroatoms. The number of methoxy groups -OCH3 is 1. The van der Waals surface area contributed by atoms with Gasteiger partial charge in [0, 0.05) is 17.8 Å². The maximum Gasteiger partial charge on any atom is 0.305 e. The Morgan fingerprint density at radius 1 is 1.29 bits per heavy atom. The first-order valence-corrected chi connectivity index (χ1v) is 8.97. The maximum absolute atomic E-state index is 11.3. The standard InChI is InChI=1S/C19H23BrO4/c1-13(21)24-16-10-9-14(11-16)12-17-15(5-3-7-18(17)20)6-4-8-19(22)23-2/h3,5,7,9-10,14,16H,4,6,8,11-12H2,1-2H3/t14-,16+/m1/s1. The molecule has 0 aromatic heterocycles. The summed E-state index contributed by atoms with van der Waals surface area (Å²) in [7, 11) is 1.42. The van der Waals surface area contributed by atoms with Gasteiger partial charge in [-0.2, -0.15) is 0 Å². The minimum Gasteiger partial charge on any atom is -0.469 e. The fourth-order valence-electron chi connectivity index (χ4n) is 3.04. The van der Waals surface area contributed by atoms with Crippen molar-refractivity contribution < 1.29 is 19.1 Å². The Kier molecular flexibility index (Phi) is 7.03. The molecule has 0 spiro atoms. The average Bonchev–Trinajstić information content (AvgIpc) is 2.96. The topological polar surface area (TPSA) is 52.6 Å². The molecule has 0 radical (unpaired) electrons. The van der Waals surface area contributed by atoms with Gasteiger partial charge in [0.05, 0.1) is 7.11 Å². The summed E-state index contributed by atoms with van der Waals surface area (Å²) in [5.74, 6) is -0.0587. The Hall–Kier alpha value is -1.62. The zero-order valence-corrected chi connectivity index (χ0v) is 15.7. The van der Waals surface area contributed by atoms with E-state index in [0.29, 0.717) is 12.3 Å². The zero-order valence-electron chi connectivity index (χ0n) is 14.1. The Morgan fingerprint density at radius 2 is 2.08 bits per heavy atom. The minimum absolute atomic E-state index is 0.113. The van der Waals surface area contributed by atoms with Gasteiger partial charge in [0.25, 0.3) is 0 Å². The van der Waals surface area contributed by atoms with E-state index in [2.05, 4.69) is 28.1 Å². The zero-order chi connectivity index (χ0) is 17.5. The molecule has 24 heavy (non-hydrogen) atoms. The van der Waals surface area contributed by atoms with Crippen LogP contribution >= 0.6 is 15.9 Å². The quantitative estimate of drug-likeness (QED) is 0.518. The number of aryl methyl sites for hydroxylation is 1. The number of rotatable bonds is 7. The molecular formula is C19H23BrO4. The number of allylic oxidation sites excluding steroid dienone is 1. The van der Waals surface area contributed by atoms with Crippen molar-refractivity contribution in [3.8, 4) is 0 Å². The molecule has 2 rings (SSSR count). The van der Waals surface area contributed by atoms with Crippen molar-refractivity contribution in [1.82, 2.24) is 0 Å². The highest BCUT2D eigenvalue weighted by atomic mass is 79.9. The first kappa shape index (κ1) is 18.7. The number of halogens is 1. The summed E-state index contributed by atoms with van der Waals surface area (Å²) in [5.41, 5.74) is 2.51. The molecular weight excluding hydrogens is 372 g/mol. The lowest BCUT2D eigenvalue weighted by Crippen LogP contribution is -2.14. The summed E-state index contributed by atoms with van der Waals surface area (Å²) in [6, 6.07) is 6.17. The largest absolute Gasteiger partial charge is 0.469 e. The third-order valence-electron chi connectivity index (χ3n) is 4.19. The van der Waals surface area contributed by atoms with Crippen LogP contribution in [0.4, 0.5) is 0 Å². The fourth-order valence-corrected chi connectivity index (χ4v) is 3.61. The highest BCUT2D eigenvalue weighted by Crippen LogP contribution is 2.30. The summed E-state index contributed by atoms with van der Waals surface area (Å²) in [6.45, 7) is 1.44. The molecule has 2 atom stereocenters. The van der Waals surface area contributed by atoms with Gasteiger partial charge in [-0.05, 0) is 54.9 Å². The van der Waals surface area contributed by atoms with Gasteiger partial charge in [0.15, 0.2) is 0 Å². The average molecular weight is 395 g/mol. The molecule has 0 saturated carbocycles. The van der Waals surface area contributed by atoms with Gasteiger partial charge in [0.2, 0.25) is 0 Å². The van der Waals surface area contributed by atoms with Crippen LogP contribution in [0.25, 0.3) is 0 Å². The summed E-state index contributed by atoms with van der Waals surface area (Å²) >= 11 is 3.64. The van der Waals surface area contributed by atoms with Crippen LogP contribution in [-0.4, -0.2) is 25.2 Å². The third-order valence-corrected chi connectivity index (χ3v) is 4.93. The molecule has 0 amide bonds. The van der Waals surface area contributed by atoms with E-state index in [4.69, 9.17) is 9.47 Å². The van der Waals surface area contributed by atoms with E-state index in [1.807, 2.05) is 18.2 Å². The van der Waals surface area contributed by atoms with Crippen LogP contribution in [-0.2, 0) is 31.9 Å². The monoisotopic (exact) mass is 394 g/mol. The van der Waals surface area contributed by atoms with E-state index in [0.717, 1.165) is 30.2 Å². The molecule has 130 valence electrons. The van der Waals surface area contributed by atoms with Crippen LogP contribution in [0.5, 0.6) is 0 Å². The summed E-state index contributed by atoms with van der Waals surface area (Å²) in [4.78, 5) is 22.3. The number of esters is 2. The lowest BCUT2D eigenvalue weighted by atomic mass is 9.93. The van der Waals surface area contributed by atoms with Crippen LogP contribution in [0.2, 0.25) is 0 Å². The molecule has 0 saturated heterocycles. The van der Waals surface area contributed by atoms with Gasteiger partial charge < -0.3 is 9.47 Å². The van der Waals surface area contributed by atoms with Gasteiger partial charge >= 0.3 is 11.9 Å². The fraction of sp³-hybridized carbons (Fsp3) is 0.474. The smallest absolute Gasteiger partial charge is 0.305 e. The van der Waals surface area contributed by atoms with Crippen molar-refractivity contribution in [3.63, 3.8) is 0 Å². The van der Waals surface area contributed by atoms with Gasteiger partial charge in [0.1, 0.15) is 6.10 Å². The number of hydrogen-bond donors (Lipinski definition) is 0. The van der Waals surface area contributed by atoms with Crippen LogP contribution in [0.15, 0.2) is 34.8 Å². The van der Waals surface area contributed by atoms with Crippen molar-refractivity contribution in [2.45, 2.75) is 45.1 Å². The number of hydrogen-bond acceptors (Lipinski definition) is 4. The van der Waals surface area contributed by atoms with Crippen molar-refractivity contribution in [2.75, 3.05) is 7.11 Å². The van der Waals surface area contributed by atoms with E-state index >= 15 is 0 Å². The van der Waals surface area contributed by atoms with Crippen molar-refractivity contribution in [3.05, 3.63) is 46.0 Å². The molecule has 4 nitrogen and oxygen atoms in total. The van der Waals surface area contributed by atoms with Gasteiger partial charge in [-0.3, -0.25) is 9.59 Å². The van der Waals surface area contributed by atoms with Crippen LogP contribution < -0.4 is 0 Å². The van der Waals surface area contributed by atoms with E-state index in [9.17, 15) is 9.59 Å². The molecule has 0 fully saturated rings. The van der Waals surface area contributed by atoms with E-state index in [-0.39, 0.29) is 18.0 Å². The number of ether oxygens (including phenoxy) is 2. The molecule has 0 heterocycles. The Morgan fingerprint density at radius 3 is 2.79 bits per heavy atom. The molecule has 1 aromatic rings. The second kappa shape index (κ2) is 9.02. The lowest BCUT2D eigenvalue weighted by molar-refractivity contribution is -0.144. The molecule has 1 aliphatic carbocycles. The third kappa shape index (κ3) is 5.48. The maximum atomic E-state index is 11.3. The predicted molar refractivity (Wildman–Crippen MR) is 95.6 cm³/mol. The molecule has 0 N–H and O–H groups in total. The molecule has 1 aliphatic rings. The SMILES string of the molecule is COC(=O)CCCc1cccc(Br)c1C[C@@H]1C=C[C@H](OC(C)=O)C1. The number of benzene rings is 1. The van der Waals surface area contributed by atoms with Crippen LogP contribution in [0.3, 0.4) is 0 Å². The highest BCUT2D eigenvalue weighted by molar-refractivity contribution is 9.10. The molecule has 1 aromatic carbocycles. The Bertz CT molecular complexity index is 624. The van der Waals surface area contributed by atoms with Gasteiger partial charge in [-0.15, -0.1) is 0 Å². The Balaban J connectivity index is 1.98. The number of carbonyl (C=O) groups excluding carboxylic acids is 2. The van der Waals surface area contributed by atoms with Gasteiger partial charge in [-0.1, -0.05) is 34.1 Å². The van der Waals surface area contributed by atoms with E-state index < -0.39 is 0 Å². The van der Waals surface area contributed by atoms with Crippen molar-refractivity contribution >= 4 is 27.9 Å². The normalized spacial score (nSPS) is 19.3. The first-order valence-electron chi connectivity index (χ1n) is 8.18. The van der Waals surface area contributed by atoms with Gasteiger partial charge in [-0.25, -0.2) is 0 Å². The van der Waals surface area contributed by atoms with E-state index in [1.54, 1.807) is 0 Å². The summed E-state index contributed by atoms with van der Waals surface area (Å²) in [6.07, 6.45) is 7.75. The lowest BCUT2D eigenvalue weighted by Gasteiger charge is -2.16. The summed E-state index contributed by atoms with van der Waals surface area (Å²) in [5, 5.41) is 0. The first-order chi connectivity index (χ1) is 11.5. The summed E-state index contributed by atoms with van der Waals surface area (Å²) < 4.78 is 11.0. The van der Waals surface area contributed by atoms with E-state index in [1.165, 1.54) is 25.2 Å². The van der Waals surface area contributed by atoms with Crippen LogP contribution in [0, 0.1) is 5.92 Å². The van der Waals surface area contributed by atoms with Crippen molar-refractivity contribution in [2.24, 2.45) is 5.92 Å². The van der Waals surface area contributed by atoms with Crippen molar-refractivity contribution in [1.29, 1.82) is 0 Å². The molecule has 0 unspecified atom stereocenters. The highest BCUT2D eigenvalue weighted by Gasteiger charge is 2.22. The minimum atomic E-state index is -0.241. The molecule has 0 aliphatic heterocycles. The second-order valence-electron chi connectivity index (χ2n) is 6.04. The van der Waals surface area contributed by atoms with Crippen LogP contribution in [0.1, 0.15) is 37.3 Å². The Labute approximate surface area is 151 Å². The number of carbonyl (C=O) groups is 2. The molecule has 0 bridgehead atoms. The predicted octanol–water partition coefficient (Wildman–Crippen LogP) is 4.00. The second-order valence-corrected chi connectivity index (χ2v) is 6.89.